The molecule has 5 heteroatoms. The van der Waals surface area contributed by atoms with E-state index < -0.39 is 23.3 Å². The van der Waals surface area contributed by atoms with Gasteiger partial charge >= 0.3 is 5.97 Å². The number of carboxylic acid groups (broad SMARTS) is 1. The third kappa shape index (κ3) is 3.23. The molecule has 0 aliphatic carbocycles. The fourth-order valence-electron chi connectivity index (χ4n) is 1.52. The molecule has 1 rings (SSSR count). The molecule has 3 N–H and O–H groups in total. The Hall–Kier alpha value is -2.04. The van der Waals surface area contributed by atoms with Crippen LogP contribution in [0.5, 0.6) is 5.75 Å². The summed E-state index contributed by atoms with van der Waals surface area (Å²) >= 11 is 0. The smallest absolute Gasteiger partial charge is 0.326 e. The van der Waals surface area contributed by atoms with Crippen LogP contribution in [-0.2, 0) is 4.79 Å². The molecule has 5 nitrogen and oxygen atoms in total. The van der Waals surface area contributed by atoms with Crippen LogP contribution in [0.25, 0.3) is 0 Å². The quantitative estimate of drug-likeness (QED) is 0.762. The summed E-state index contributed by atoms with van der Waals surface area (Å²) in [5, 5.41) is 21.0. The first-order valence-electron chi connectivity index (χ1n) is 5.55. The summed E-state index contributed by atoms with van der Waals surface area (Å²) in [6.45, 7) is 5.16. The molecule has 1 aromatic carbocycles. The highest BCUT2D eigenvalue weighted by atomic mass is 16.4. The van der Waals surface area contributed by atoms with Gasteiger partial charge in [-0.05, 0) is 17.5 Å². The van der Waals surface area contributed by atoms with Crippen molar-refractivity contribution in [1.82, 2.24) is 5.32 Å². The number of rotatable bonds is 3. The molecule has 1 atom stereocenters. The van der Waals surface area contributed by atoms with Gasteiger partial charge in [-0.2, -0.15) is 0 Å². The van der Waals surface area contributed by atoms with E-state index in [1.54, 1.807) is 32.9 Å². The Morgan fingerprint density at radius 2 is 1.78 bits per heavy atom. The number of hydrogen-bond donors (Lipinski definition) is 3. The molecule has 0 aliphatic rings. The van der Waals surface area contributed by atoms with Gasteiger partial charge in [-0.1, -0.05) is 32.9 Å². The van der Waals surface area contributed by atoms with Crippen molar-refractivity contribution in [3.63, 3.8) is 0 Å². The Labute approximate surface area is 105 Å². The topological polar surface area (TPSA) is 86.6 Å². The summed E-state index contributed by atoms with van der Waals surface area (Å²) in [7, 11) is 0. The van der Waals surface area contributed by atoms with E-state index in [0.29, 0.717) is 0 Å². The average Bonchev–Trinajstić information content (AvgIpc) is 2.24. The van der Waals surface area contributed by atoms with E-state index in [2.05, 4.69) is 5.32 Å². The molecule has 0 fully saturated rings. The maximum Gasteiger partial charge on any atom is 0.326 e. The first-order chi connectivity index (χ1) is 8.23. The van der Waals surface area contributed by atoms with Crippen LogP contribution in [-0.4, -0.2) is 28.1 Å². The maximum atomic E-state index is 11.9. The second-order valence-electron chi connectivity index (χ2n) is 5.13. The van der Waals surface area contributed by atoms with Crippen molar-refractivity contribution in [1.29, 1.82) is 0 Å². The van der Waals surface area contributed by atoms with Crippen LogP contribution in [0.1, 0.15) is 31.1 Å². The third-order valence-electron chi connectivity index (χ3n) is 2.54. The third-order valence-corrected chi connectivity index (χ3v) is 2.54. The molecule has 18 heavy (non-hydrogen) atoms. The number of benzene rings is 1. The van der Waals surface area contributed by atoms with Crippen molar-refractivity contribution in [3.05, 3.63) is 29.8 Å². The molecule has 0 saturated carbocycles. The molecular weight excluding hydrogens is 234 g/mol. The van der Waals surface area contributed by atoms with E-state index in [-0.39, 0.29) is 11.3 Å². The Kier molecular flexibility index (Phi) is 3.96. The number of aromatic hydroxyl groups is 1. The Balaban J connectivity index is 2.93. The molecule has 0 bridgehead atoms. The SMILES string of the molecule is CC(C)(C)[C@@H](NC(=O)c1ccccc1O)C(=O)O. The minimum atomic E-state index is -1.11. The van der Waals surface area contributed by atoms with Crippen LogP contribution in [0.15, 0.2) is 24.3 Å². The van der Waals surface area contributed by atoms with Gasteiger partial charge in [0.2, 0.25) is 0 Å². The number of carbonyl (C=O) groups is 2. The van der Waals surface area contributed by atoms with Crippen molar-refractivity contribution >= 4 is 11.9 Å². The molecule has 1 aromatic rings. The number of carbonyl (C=O) groups excluding carboxylic acids is 1. The van der Waals surface area contributed by atoms with Crippen molar-refractivity contribution in [3.8, 4) is 5.75 Å². The standard InChI is InChI=1S/C13H17NO4/c1-13(2,3)10(12(17)18)14-11(16)8-6-4-5-7-9(8)15/h4-7,10,15H,1-3H3,(H,14,16)(H,17,18)/t10-/m0/s1. The summed E-state index contributed by atoms with van der Waals surface area (Å²) < 4.78 is 0. The Morgan fingerprint density at radius 3 is 2.22 bits per heavy atom. The Morgan fingerprint density at radius 1 is 1.22 bits per heavy atom. The molecule has 1 amide bonds. The number of phenolic OH excluding ortho intramolecular Hbond substituents is 1. The van der Waals surface area contributed by atoms with E-state index in [0.717, 1.165) is 0 Å². The average molecular weight is 251 g/mol. The van der Waals surface area contributed by atoms with Gasteiger partial charge < -0.3 is 15.5 Å². The summed E-state index contributed by atoms with van der Waals surface area (Å²) in [6.07, 6.45) is 0. The first-order valence-corrected chi connectivity index (χ1v) is 5.55. The van der Waals surface area contributed by atoms with E-state index in [4.69, 9.17) is 5.11 Å². The maximum absolute atomic E-state index is 11.9. The zero-order valence-corrected chi connectivity index (χ0v) is 10.6. The molecule has 0 radical (unpaired) electrons. The molecule has 98 valence electrons. The fourth-order valence-corrected chi connectivity index (χ4v) is 1.52. The molecule has 0 saturated heterocycles. The minimum absolute atomic E-state index is 0.0630. The van der Waals surface area contributed by atoms with Gasteiger partial charge in [0.05, 0.1) is 5.56 Å². The monoisotopic (exact) mass is 251 g/mol. The fraction of sp³-hybridized carbons (Fsp3) is 0.385. The highest BCUT2D eigenvalue weighted by Gasteiger charge is 2.33. The lowest BCUT2D eigenvalue weighted by atomic mass is 9.86. The highest BCUT2D eigenvalue weighted by Crippen LogP contribution is 2.21. The number of nitrogens with one attached hydrogen (secondary N) is 1. The van der Waals surface area contributed by atoms with Crippen LogP contribution in [0.4, 0.5) is 0 Å². The van der Waals surface area contributed by atoms with Crippen molar-refractivity contribution < 1.29 is 19.8 Å². The predicted octanol–water partition coefficient (Wildman–Crippen LogP) is 1.62. The number of para-hydroxylation sites is 1. The lowest BCUT2D eigenvalue weighted by Crippen LogP contribution is -2.49. The summed E-state index contributed by atoms with van der Waals surface area (Å²) in [4.78, 5) is 23.0. The molecular formula is C13H17NO4. The van der Waals surface area contributed by atoms with Crippen molar-refractivity contribution in [2.45, 2.75) is 26.8 Å². The lowest BCUT2D eigenvalue weighted by molar-refractivity contribution is -0.142. The van der Waals surface area contributed by atoms with Gasteiger partial charge in [-0.15, -0.1) is 0 Å². The summed E-state index contributed by atoms with van der Waals surface area (Å²) in [5.41, 5.74) is -0.556. The van der Waals surface area contributed by atoms with E-state index >= 15 is 0 Å². The second-order valence-corrected chi connectivity index (χ2v) is 5.13. The first kappa shape index (κ1) is 14.0. The molecule has 0 unspecified atom stereocenters. The van der Waals surface area contributed by atoms with Gasteiger partial charge in [-0.3, -0.25) is 4.79 Å². The van der Waals surface area contributed by atoms with Crippen LogP contribution < -0.4 is 5.32 Å². The van der Waals surface area contributed by atoms with Gasteiger partial charge in [0.25, 0.3) is 5.91 Å². The predicted molar refractivity (Wildman–Crippen MR) is 66.5 cm³/mol. The minimum Gasteiger partial charge on any atom is -0.507 e. The molecule has 0 spiro atoms. The number of aliphatic carboxylic acids is 1. The largest absolute Gasteiger partial charge is 0.507 e. The van der Waals surface area contributed by atoms with E-state index in [9.17, 15) is 14.7 Å². The zero-order chi connectivity index (χ0) is 13.9. The van der Waals surface area contributed by atoms with E-state index in [1.807, 2.05) is 0 Å². The zero-order valence-electron chi connectivity index (χ0n) is 10.6. The van der Waals surface area contributed by atoms with Gasteiger partial charge in [0.15, 0.2) is 0 Å². The number of carboxylic acids is 1. The number of phenols is 1. The normalized spacial score (nSPS) is 12.8. The van der Waals surface area contributed by atoms with Crippen LogP contribution >= 0.6 is 0 Å². The number of amides is 1. The second kappa shape index (κ2) is 5.08. The van der Waals surface area contributed by atoms with Crippen molar-refractivity contribution in [2.24, 2.45) is 5.41 Å². The molecule has 0 aliphatic heterocycles. The Bertz CT molecular complexity index is 462. The molecule has 0 heterocycles. The van der Waals surface area contributed by atoms with Gasteiger partial charge in [0, 0.05) is 0 Å². The lowest BCUT2D eigenvalue weighted by Gasteiger charge is -2.27. The summed E-state index contributed by atoms with van der Waals surface area (Å²) in [6, 6.07) is 4.98. The highest BCUT2D eigenvalue weighted by molar-refractivity contribution is 5.98. The van der Waals surface area contributed by atoms with Crippen molar-refractivity contribution in [2.75, 3.05) is 0 Å². The van der Waals surface area contributed by atoms with Gasteiger partial charge in [-0.25, -0.2) is 4.79 Å². The van der Waals surface area contributed by atoms with E-state index in [1.165, 1.54) is 12.1 Å². The van der Waals surface area contributed by atoms with Crippen LogP contribution in [0.2, 0.25) is 0 Å². The van der Waals surface area contributed by atoms with Crippen LogP contribution in [0, 0.1) is 5.41 Å². The molecule has 0 aromatic heterocycles. The van der Waals surface area contributed by atoms with Gasteiger partial charge in [0.1, 0.15) is 11.8 Å². The van der Waals surface area contributed by atoms with Crippen LogP contribution in [0.3, 0.4) is 0 Å². The number of hydrogen-bond acceptors (Lipinski definition) is 3. The summed E-state index contributed by atoms with van der Waals surface area (Å²) in [5.74, 6) is -1.88.